The first kappa shape index (κ1) is 11.7. The molecule has 1 amide bonds. The van der Waals surface area contributed by atoms with Gasteiger partial charge in [-0.3, -0.25) is 4.79 Å². The molecular formula is C12H15FNO. The topological polar surface area (TPSA) is 31.2 Å². The molecule has 2 nitrogen and oxygen atoms in total. The summed E-state index contributed by atoms with van der Waals surface area (Å²) in [7, 11) is 0. The third kappa shape index (κ3) is 3.70. The Bertz CT molecular complexity index is 325. The number of hydrogen-bond acceptors (Lipinski definition) is 1. The van der Waals surface area contributed by atoms with E-state index in [2.05, 4.69) is 12.2 Å². The van der Waals surface area contributed by atoms with Crippen LogP contribution in [0.25, 0.3) is 0 Å². The van der Waals surface area contributed by atoms with Crippen molar-refractivity contribution >= 4 is 5.91 Å². The molecule has 0 bridgehead atoms. The van der Waals surface area contributed by atoms with Crippen molar-refractivity contribution in [3.63, 3.8) is 0 Å². The van der Waals surface area contributed by atoms with E-state index in [1.165, 1.54) is 12.1 Å². The maximum absolute atomic E-state index is 13.1. The minimum Gasteiger partial charge on any atom is -0.267 e. The van der Waals surface area contributed by atoms with Crippen molar-refractivity contribution in [2.45, 2.75) is 26.2 Å². The molecular weight excluding hydrogens is 193 g/mol. The zero-order chi connectivity index (χ0) is 11.1. The molecule has 0 saturated heterocycles. The molecule has 0 unspecified atom stereocenters. The van der Waals surface area contributed by atoms with Gasteiger partial charge in [-0.25, -0.2) is 9.71 Å². The van der Waals surface area contributed by atoms with Crippen molar-refractivity contribution in [3.8, 4) is 0 Å². The van der Waals surface area contributed by atoms with Crippen LogP contribution in [0.4, 0.5) is 4.39 Å². The molecule has 0 spiro atoms. The zero-order valence-electron chi connectivity index (χ0n) is 8.87. The molecule has 1 rings (SSSR count). The van der Waals surface area contributed by atoms with E-state index in [4.69, 9.17) is 0 Å². The molecule has 1 radical (unpaired) electrons. The summed E-state index contributed by atoms with van der Waals surface area (Å²) in [6, 6.07) is 5.93. The van der Waals surface area contributed by atoms with Crippen LogP contribution in [0.2, 0.25) is 0 Å². The van der Waals surface area contributed by atoms with Crippen LogP contribution in [0.5, 0.6) is 0 Å². The molecule has 3 heteroatoms. The van der Waals surface area contributed by atoms with Crippen LogP contribution in [-0.4, -0.2) is 12.5 Å². The standard InChI is InChI=1S/C12H15FNO/c1-2-3-6-9-14-12(15)10-7-4-5-8-11(10)13/h4-5,7-8H,2-3,6,9H2,1H3. The number of amides is 1. The van der Waals surface area contributed by atoms with Gasteiger partial charge in [0.1, 0.15) is 5.82 Å². The molecule has 0 fully saturated rings. The second kappa shape index (κ2) is 6.17. The Morgan fingerprint density at radius 3 is 2.73 bits per heavy atom. The third-order valence-electron chi connectivity index (χ3n) is 2.12. The predicted octanol–water partition coefficient (Wildman–Crippen LogP) is 2.76. The van der Waals surface area contributed by atoms with Gasteiger partial charge in [0.05, 0.1) is 5.56 Å². The van der Waals surface area contributed by atoms with Crippen molar-refractivity contribution in [1.29, 1.82) is 0 Å². The third-order valence-corrected chi connectivity index (χ3v) is 2.12. The van der Waals surface area contributed by atoms with Gasteiger partial charge in [0.15, 0.2) is 0 Å². The number of rotatable bonds is 5. The highest BCUT2D eigenvalue weighted by atomic mass is 19.1. The molecule has 0 heterocycles. The predicted molar refractivity (Wildman–Crippen MR) is 57.3 cm³/mol. The summed E-state index contributed by atoms with van der Waals surface area (Å²) in [4.78, 5) is 11.4. The molecule has 0 saturated carbocycles. The van der Waals surface area contributed by atoms with E-state index in [-0.39, 0.29) is 5.56 Å². The highest BCUT2D eigenvalue weighted by molar-refractivity contribution is 5.94. The Balaban J connectivity index is 2.44. The Hall–Kier alpha value is -1.38. The van der Waals surface area contributed by atoms with E-state index < -0.39 is 11.7 Å². The number of unbranched alkanes of at least 4 members (excludes halogenated alkanes) is 2. The smallest absolute Gasteiger partial charge is 0.267 e. The SMILES string of the molecule is CCCCC[N]C(=O)c1ccccc1F. The Morgan fingerprint density at radius 2 is 2.07 bits per heavy atom. The van der Waals surface area contributed by atoms with Crippen LogP contribution in [0, 0.1) is 5.82 Å². The molecule has 0 aliphatic rings. The molecule has 1 aromatic rings. The maximum Gasteiger partial charge on any atom is 0.275 e. The maximum atomic E-state index is 13.1. The lowest BCUT2D eigenvalue weighted by Gasteiger charge is -2.02. The normalized spacial score (nSPS) is 10.0. The monoisotopic (exact) mass is 208 g/mol. The van der Waals surface area contributed by atoms with Crippen molar-refractivity contribution in [3.05, 3.63) is 35.6 Å². The second-order valence-corrected chi connectivity index (χ2v) is 3.37. The summed E-state index contributed by atoms with van der Waals surface area (Å²) in [5.41, 5.74) is 0.0639. The summed E-state index contributed by atoms with van der Waals surface area (Å²) in [5, 5.41) is 3.81. The first-order valence-corrected chi connectivity index (χ1v) is 5.22. The average Bonchev–Trinajstić information content (AvgIpc) is 2.25. The fourth-order valence-electron chi connectivity index (χ4n) is 1.26. The van der Waals surface area contributed by atoms with Crippen LogP contribution < -0.4 is 5.32 Å². The molecule has 1 aromatic carbocycles. The minimum atomic E-state index is -0.498. The lowest BCUT2D eigenvalue weighted by Crippen LogP contribution is -2.18. The van der Waals surface area contributed by atoms with Gasteiger partial charge >= 0.3 is 0 Å². The molecule has 0 aromatic heterocycles. The fourth-order valence-corrected chi connectivity index (χ4v) is 1.26. The van der Waals surface area contributed by atoms with Crippen molar-refractivity contribution in [2.75, 3.05) is 6.54 Å². The van der Waals surface area contributed by atoms with Gasteiger partial charge in [0, 0.05) is 6.54 Å². The van der Waals surface area contributed by atoms with Crippen LogP contribution in [-0.2, 0) is 0 Å². The van der Waals surface area contributed by atoms with Crippen molar-refractivity contribution in [2.24, 2.45) is 0 Å². The summed E-state index contributed by atoms with van der Waals surface area (Å²) >= 11 is 0. The lowest BCUT2D eigenvalue weighted by molar-refractivity contribution is 0.0944. The van der Waals surface area contributed by atoms with Crippen molar-refractivity contribution in [1.82, 2.24) is 5.32 Å². The summed E-state index contributed by atoms with van der Waals surface area (Å²) in [6.07, 6.45) is 3.02. The minimum absolute atomic E-state index is 0.0639. The van der Waals surface area contributed by atoms with Gasteiger partial charge in [0.2, 0.25) is 0 Å². The van der Waals surface area contributed by atoms with Crippen LogP contribution in [0.15, 0.2) is 24.3 Å². The van der Waals surface area contributed by atoms with E-state index >= 15 is 0 Å². The van der Waals surface area contributed by atoms with Gasteiger partial charge in [-0.1, -0.05) is 31.9 Å². The van der Waals surface area contributed by atoms with E-state index in [1.54, 1.807) is 12.1 Å². The van der Waals surface area contributed by atoms with E-state index in [0.29, 0.717) is 6.54 Å². The number of carbonyl (C=O) groups is 1. The number of carbonyl (C=O) groups excluding carboxylic acids is 1. The average molecular weight is 208 g/mol. The number of hydrogen-bond donors (Lipinski definition) is 0. The van der Waals surface area contributed by atoms with Gasteiger partial charge in [-0.2, -0.15) is 0 Å². The Kier molecular flexibility index (Phi) is 4.81. The van der Waals surface area contributed by atoms with Crippen LogP contribution in [0.3, 0.4) is 0 Å². The van der Waals surface area contributed by atoms with Crippen LogP contribution in [0.1, 0.15) is 36.5 Å². The molecule has 0 aliphatic heterocycles. The number of halogens is 1. The van der Waals surface area contributed by atoms with Crippen molar-refractivity contribution < 1.29 is 9.18 Å². The molecule has 0 N–H and O–H groups in total. The molecule has 81 valence electrons. The van der Waals surface area contributed by atoms with E-state index in [1.807, 2.05) is 0 Å². The first-order chi connectivity index (χ1) is 7.25. The second-order valence-electron chi connectivity index (χ2n) is 3.37. The van der Waals surface area contributed by atoms with Gasteiger partial charge in [-0.05, 0) is 18.6 Å². The summed E-state index contributed by atoms with van der Waals surface area (Å²) in [6.45, 7) is 2.57. The summed E-state index contributed by atoms with van der Waals surface area (Å²) < 4.78 is 13.1. The first-order valence-electron chi connectivity index (χ1n) is 5.22. The number of benzene rings is 1. The highest BCUT2D eigenvalue weighted by Gasteiger charge is 2.10. The van der Waals surface area contributed by atoms with Gasteiger partial charge in [-0.15, -0.1) is 0 Å². The van der Waals surface area contributed by atoms with Gasteiger partial charge in [0.25, 0.3) is 5.91 Å². The Labute approximate surface area is 89.5 Å². The van der Waals surface area contributed by atoms with E-state index in [9.17, 15) is 9.18 Å². The van der Waals surface area contributed by atoms with Crippen LogP contribution >= 0.6 is 0 Å². The molecule has 0 atom stereocenters. The fraction of sp³-hybridized carbons (Fsp3) is 0.417. The largest absolute Gasteiger partial charge is 0.275 e. The van der Waals surface area contributed by atoms with Gasteiger partial charge < -0.3 is 0 Å². The van der Waals surface area contributed by atoms with E-state index in [0.717, 1.165) is 19.3 Å². The molecule has 15 heavy (non-hydrogen) atoms. The number of nitrogens with zero attached hydrogens (tertiary/aromatic N) is 1. The lowest BCUT2D eigenvalue weighted by atomic mass is 10.2. The zero-order valence-corrected chi connectivity index (χ0v) is 8.87. The molecule has 0 aliphatic carbocycles. The summed E-state index contributed by atoms with van der Waals surface area (Å²) in [5.74, 6) is -0.953. The highest BCUT2D eigenvalue weighted by Crippen LogP contribution is 2.06. The quantitative estimate of drug-likeness (QED) is 0.684. The Morgan fingerprint density at radius 1 is 1.33 bits per heavy atom.